The maximum atomic E-state index is 14.2. The first kappa shape index (κ1) is 24.9. The van der Waals surface area contributed by atoms with E-state index in [1.165, 1.54) is 42.3 Å². The van der Waals surface area contributed by atoms with Crippen LogP contribution in [-0.4, -0.2) is 46.4 Å². The van der Waals surface area contributed by atoms with E-state index in [2.05, 4.69) is 15.1 Å². The molecule has 0 fully saturated rings. The number of ether oxygens (including phenoxy) is 1. The van der Waals surface area contributed by atoms with Crippen LogP contribution in [0.25, 0.3) is 22.3 Å². The van der Waals surface area contributed by atoms with Crippen molar-refractivity contribution in [2.24, 2.45) is 7.05 Å². The Bertz CT molecular complexity index is 1720. The first-order valence-corrected chi connectivity index (χ1v) is 13.0. The minimum Gasteiger partial charge on any atom is -0.497 e. The number of sulfonamides is 1. The molecule has 10 nitrogen and oxygen atoms in total. The fraction of sp³-hybridized carbons (Fsp3) is 0.111. The van der Waals surface area contributed by atoms with Crippen molar-refractivity contribution in [1.29, 1.82) is 0 Å². The van der Waals surface area contributed by atoms with Gasteiger partial charge in [0.05, 0.1) is 29.6 Å². The Labute approximate surface area is 218 Å². The van der Waals surface area contributed by atoms with Gasteiger partial charge in [0.1, 0.15) is 17.0 Å². The molecule has 2 aromatic carbocycles. The normalized spacial score (nSPS) is 11.4. The van der Waals surface area contributed by atoms with E-state index in [1.54, 1.807) is 25.4 Å². The topological polar surface area (TPSA) is 128 Å². The standard InChI is InChI=1S/C27H23N5O5S/c1-31-26-23(24(30-31)19-8-4-3-5-9-19)25(22(16-29-26)27(33)34)32(17-18-7-6-14-28-15-18)38(35,36)21-12-10-20(37-2)11-13-21/h3-16H,17H2,1-2H3,(H,33,34). The molecule has 0 amide bonds. The zero-order chi connectivity index (χ0) is 26.9. The Morgan fingerprint density at radius 1 is 1.03 bits per heavy atom. The highest BCUT2D eigenvalue weighted by atomic mass is 32.2. The highest BCUT2D eigenvalue weighted by Crippen LogP contribution is 2.40. The zero-order valence-electron chi connectivity index (χ0n) is 20.5. The average Bonchev–Trinajstić information content (AvgIpc) is 3.28. The second-order valence-electron chi connectivity index (χ2n) is 8.41. The fourth-order valence-electron chi connectivity index (χ4n) is 4.23. The van der Waals surface area contributed by atoms with Crippen molar-refractivity contribution >= 4 is 32.7 Å². The van der Waals surface area contributed by atoms with Gasteiger partial charge in [0.2, 0.25) is 0 Å². The quantitative estimate of drug-likeness (QED) is 0.318. The summed E-state index contributed by atoms with van der Waals surface area (Å²) >= 11 is 0. The summed E-state index contributed by atoms with van der Waals surface area (Å²) in [6.45, 7) is -0.176. The molecule has 0 aliphatic heterocycles. The van der Waals surface area contributed by atoms with Crippen molar-refractivity contribution in [2.45, 2.75) is 11.4 Å². The lowest BCUT2D eigenvalue weighted by Crippen LogP contribution is -2.32. The lowest BCUT2D eigenvalue weighted by Gasteiger charge is -2.27. The van der Waals surface area contributed by atoms with Crippen molar-refractivity contribution in [3.63, 3.8) is 0 Å². The van der Waals surface area contributed by atoms with E-state index in [-0.39, 0.29) is 22.7 Å². The summed E-state index contributed by atoms with van der Waals surface area (Å²) in [6.07, 6.45) is 4.28. The Morgan fingerprint density at radius 3 is 2.39 bits per heavy atom. The molecule has 0 saturated carbocycles. The number of carboxylic acid groups (broad SMARTS) is 1. The summed E-state index contributed by atoms with van der Waals surface area (Å²) in [6, 6.07) is 18.5. The van der Waals surface area contributed by atoms with Crippen molar-refractivity contribution in [3.8, 4) is 17.0 Å². The number of aryl methyl sites for hydroxylation is 1. The molecular formula is C27H23N5O5S. The molecule has 1 N–H and O–H groups in total. The van der Waals surface area contributed by atoms with Crippen molar-refractivity contribution < 1.29 is 23.1 Å². The maximum Gasteiger partial charge on any atom is 0.339 e. The molecule has 192 valence electrons. The van der Waals surface area contributed by atoms with Crippen molar-refractivity contribution in [1.82, 2.24) is 19.7 Å². The first-order valence-electron chi connectivity index (χ1n) is 11.5. The van der Waals surface area contributed by atoms with Gasteiger partial charge in [-0.3, -0.25) is 9.29 Å². The van der Waals surface area contributed by atoms with Gasteiger partial charge in [0.15, 0.2) is 5.65 Å². The molecule has 0 unspecified atom stereocenters. The first-order chi connectivity index (χ1) is 18.3. The summed E-state index contributed by atoms with van der Waals surface area (Å²) in [5.74, 6) is -0.836. The van der Waals surface area contributed by atoms with Crippen molar-refractivity contribution in [3.05, 3.63) is 96.4 Å². The largest absolute Gasteiger partial charge is 0.497 e. The van der Waals surface area contributed by atoms with Crippen LogP contribution in [0.1, 0.15) is 15.9 Å². The number of benzene rings is 2. The Balaban J connectivity index is 1.85. The van der Waals surface area contributed by atoms with Crippen LogP contribution in [0.5, 0.6) is 5.75 Å². The number of pyridine rings is 2. The Kier molecular flexibility index (Phi) is 6.52. The average molecular weight is 530 g/mol. The van der Waals surface area contributed by atoms with E-state index < -0.39 is 16.0 Å². The van der Waals surface area contributed by atoms with Crippen LogP contribution >= 0.6 is 0 Å². The minimum absolute atomic E-state index is 0.0332. The van der Waals surface area contributed by atoms with E-state index in [9.17, 15) is 18.3 Å². The molecule has 5 aromatic rings. The number of methoxy groups -OCH3 is 1. The van der Waals surface area contributed by atoms with Gasteiger partial charge in [0, 0.05) is 31.2 Å². The van der Waals surface area contributed by atoms with Gasteiger partial charge >= 0.3 is 5.97 Å². The SMILES string of the molecule is COc1ccc(S(=O)(=O)N(Cc2cccnc2)c2c(C(=O)O)cnc3c2c(-c2ccccc2)nn3C)cc1. The number of rotatable bonds is 8. The number of nitrogens with zero attached hydrogens (tertiary/aromatic N) is 5. The van der Waals surface area contributed by atoms with Crippen LogP contribution < -0.4 is 9.04 Å². The molecule has 0 bridgehead atoms. The van der Waals surface area contributed by atoms with Gasteiger partial charge in [0.25, 0.3) is 10.0 Å². The Hall–Kier alpha value is -4.77. The lowest BCUT2D eigenvalue weighted by atomic mass is 10.1. The van der Waals surface area contributed by atoms with Crippen LogP contribution in [0, 0.1) is 0 Å². The van der Waals surface area contributed by atoms with Gasteiger partial charge in [-0.05, 0) is 35.9 Å². The van der Waals surface area contributed by atoms with Crippen LogP contribution in [0.2, 0.25) is 0 Å². The van der Waals surface area contributed by atoms with Crippen LogP contribution in [0.3, 0.4) is 0 Å². The van der Waals surface area contributed by atoms with Gasteiger partial charge in [-0.15, -0.1) is 0 Å². The highest BCUT2D eigenvalue weighted by Gasteiger charge is 2.33. The van der Waals surface area contributed by atoms with Gasteiger partial charge < -0.3 is 9.84 Å². The van der Waals surface area contributed by atoms with Crippen LogP contribution in [0.15, 0.2) is 90.2 Å². The van der Waals surface area contributed by atoms with Gasteiger partial charge in [-0.25, -0.2) is 22.9 Å². The number of carboxylic acids is 1. The van der Waals surface area contributed by atoms with Crippen molar-refractivity contribution in [2.75, 3.05) is 11.4 Å². The number of carbonyl (C=O) groups is 1. The highest BCUT2D eigenvalue weighted by molar-refractivity contribution is 7.92. The minimum atomic E-state index is -4.29. The number of anilines is 1. The molecule has 0 saturated heterocycles. The number of aromatic carboxylic acids is 1. The second-order valence-corrected chi connectivity index (χ2v) is 10.3. The van der Waals surface area contributed by atoms with Gasteiger partial charge in [-0.2, -0.15) is 5.10 Å². The molecule has 38 heavy (non-hydrogen) atoms. The predicted molar refractivity (Wildman–Crippen MR) is 142 cm³/mol. The molecule has 0 spiro atoms. The van der Waals surface area contributed by atoms with Crippen LogP contribution in [0.4, 0.5) is 5.69 Å². The maximum absolute atomic E-state index is 14.2. The third-order valence-corrected chi connectivity index (χ3v) is 7.81. The summed E-state index contributed by atoms with van der Waals surface area (Å²) in [5, 5.41) is 15.1. The lowest BCUT2D eigenvalue weighted by molar-refractivity contribution is 0.0697. The zero-order valence-corrected chi connectivity index (χ0v) is 21.3. The number of fused-ring (bicyclic) bond motifs is 1. The molecule has 5 rings (SSSR count). The summed E-state index contributed by atoms with van der Waals surface area (Å²) in [5.41, 5.74) is 1.69. The molecule has 0 aliphatic rings. The molecule has 3 heterocycles. The fourth-order valence-corrected chi connectivity index (χ4v) is 5.72. The summed E-state index contributed by atoms with van der Waals surface area (Å²) < 4.78 is 36.3. The third-order valence-electron chi connectivity index (χ3n) is 6.05. The number of hydrogen-bond donors (Lipinski definition) is 1. The summed E-state index contributed by atoms with van der Waals surface area (Å²) in [4.78, 5) is 20.9. The van der Waals surface area contributed by atoms with E-state index >= 15 is 0 Å². The number of aromatic nitrogens is 4. The smallest absolute Gasteiger partial charge is 0.339 e. The summed E-state index contributed by atoms with van der Waals surface area (Å²) in [7, 11) is -1.13. The predicted octanol–water partition coefficient (Wildman–Crippen LogP) is 4.13. The van der Waals surface area contributed by atoms with E-state index in [0.29, 0.717) is 33.6 Å². The monoisotopic (exact) mass is 529 g/mol. The van der Waals surface area contributed by atoms with Crippen LogP contribution in [-0.2, 0) is 23.6 Å². The molecular weight excluding hydrogens is 506 g/mol. The van der Waals surface area contributed by atoms with E-state index in [1.807, 2.05) is 30.3 Å². The molecule has 0 atom stereocenters. The molecule has 0 aliphatic carbocycles. The van der Waals surface area contributed by atoms with E-state index in [4.69, 9.17) is 4.74 Å². The number of hydrogen-bond acceptors (Lipinski definition) is 7. The molecule has 11 heteroatoms. The third kappa shape index (κ3) is 4.43. The van der Waals surface area contributed by atoms with Gasteiger partial charge in [-0.1, -0.05) is 36.4 Å². The second kappa shape index (κ2) is 9.94. The molecule has 0 radical (unpaired) electrons. The molecule has 3 aromatic heterocycles. The Morgan fingerprint density at radius 2 is 1.76 bits per heavy atom. The van der Waals surface area contributed by atoms with E-state index in [0.717, 1.165) is 10.5 Å².